The van der Waals surface area contributed by atoms with E-state index in [2.05, 4.69) is 15.9 Å². The lowest BCUT2D eigenvalue weighted by Crippen LogP contribution is -2.47. The Bertz CT molecular complexity index is 1050. The van der Waals surface area contributed by atoms with E-state index < -0.39 is 11.9 Å². The summed E-state index contributed by atoms with van der Waals surface area (Å²) in [7, 11) is 4.90. The van der Waals surface area contributed by atoms with E-state index in [-0.39, 0.29) is 0 Å². The number of hydrogen-bond donors (Lipinski definition) is 2. The fourth-order valence-electron chi connectivity index (χ4n) is 3.67. The molecule has 1 aliphatic heterocycles. The Morgan fingerprint density at radius 2 is 1.47 bits per heavy atom. The summed E-state index contributed by atoms with van der Waals surface area (Å²) in [5, 5.41) is 23.9. The largest absolute Gasteiger partial charge is 0.493 e. The quantitative estimate of drug-likeness (QED) is 0.487. The van der Waals surface area contributed by atoms with Crippen molar-refractivity contribution in [3.05, 3.63) is 47.5 Å². The summed E-state index contributed by atoms with van der Waals surface area (Å²) in [4.78, 5) is 23.0. The number of nitrogens with zero attached hydrogens (tertiary/aromatic N) is 3. The van der Waals surface area contributed by atoms with Crippen LogP contribution in [0.1, 0.15) is 11.1 Å². The third-order valence-corrected chi connectivity index (χ3v) is 5.50. The Kier molecular flexibility index (Phi) is 11.3. The van der Waals surface area contributed by atoms with Gasteiger partial charge in [-0.05, 0) is 18.2 Å². The Morgan fingerprint density at radius 3 is 2.03 bits per heavy atom. The van der Waals surface area contributed by atoms with Gasteiger partial charge in [0.1, 0.15) is 18.4 Å². The molecule has 3 rings (SSSR count). The number of ether oxygens (including phenoxy) is 4. The number of methoxy groups -OCH3 is 3. The molecule has 0 saturated carbocycles. The Hall–Kier alpha value is -4.01. The van der Waals surface area contributed by atoms with Crippen molar-refractivity contribution in [2.24, 2.45) is 0 Å². The molecule has 2 aromatic rings. The molecule has 1 heterocycles. The topological polar surface area (TPSA) is 142 Å². The normalized spacial score (nSPS) is 13.5. The first kappa shape index (κ1) is 28.2. The molecule has 2 aromatic carbocycles. The van der Waals surface area contributed by atoms with Crippen molar-refractivity contribution in [1.82, 2.24) is 9.80 Å². The van der Waals surface area contributed by atoms with Crippen LogP contribution in [0, 0.1) is 11.3 Å². The van der Waals surface area contributed by atoms with E-state index in [4.69, 9.17) is 44.0 Å². The lowest BCUT2D eigenvalue weighted by Gasteiger charge is -2.35. The predicted molar refractivity (Wildman–Crippen MR) is 130 cm³/mol. The van der Waals surface area contributed by atoms with Crippen molar-refractivity contribution >= 4 is 11.9 Å². The summed E-state index contributed by atoms with van der Waals surface area (Å²) in [6.07, 6.45) is 0. The minimum Gasteiger partial charge on any atom is -0.493 e. The van der Waals surface area contributed by atoms with Gasteiger partial charge in [-0.2, -0.15) is 5.26 Å². The van der Waals surface area contributed by atoms with Gasteiger partial charge < -0.3 is 29.2 Å². The number of para-hydroxylation sites is 1. The van der Waals surface area contributed by atoms with Crippen LogP contribution in [0.15, 0.2) is 36.4 Å². The molecule has 0 unspecified atom stereocenters. The van der Waals surface area contributed by atoms with Crippen molar-refractivity contribution in [2.75, 3.05) is 60.7 Å². The second-order valence-corrected chi connectivity index (χ2v) is 7.68. The molecule has 0 radical (unpaired) electrons. The molecule has 1 fully saturated rings. The maximum Gasteiger partial charge on any atom is 0.414 e. The van der Waals surface area contributed by atoms with E-state index in [1.54, 1.807) is 27.4 Å². The van der Waals surface area contributed by atoms with Crippen molar-refractivity contribution in [3.8, 4) is 29.1 Å². The third kappa shape index (κ3) is 8.04. The monoisotopic (exact) mass is 501 g/mol. The number of hydrogen-bond acceptors (Lipinski definition) is 9. The molecule has 1 saturated heterocycles. The molecule has 11 nitrogen and oxygen atoms in total. The number of rotatable bonds is 9. The summed E-state index contributed by atoms with van der Waals surface area (Å²) >= 11 is 0. The molecule has 0 aromatic heterocycles. The summed E-state index contributed by atoms with van der Waals surface area (Å²) in [5.74, 6) is -0.972. The summed E-state index contributed by atoms with van der Waals surface area (Å²) in [6, 6.07) is 13.5. The minimum absolute atomic E-state index is 0.572. The second-order valence-electron chi connectivity index (χ2n) is 7.68. The van der Waals surface area contributed by atoms with E-state index in [0.29, 0.717) is 29.4 Å². The Labute approximate surface area is 210 Å². The number of carboxylic acids is 2. The standard InChI is InChI=1S/C23H29N3O4.C2H2O4/c1-27-21-9-8-19(22(28-2)23(21)29-3)17-26-12-10-25(11-13-26)14-15-30-20-7-5-4-6-18(20)16-24;3-1(4)2(5)6/h4-9H,10-15,17H2,1-3H3;(H,3,4)(H,5,6). The third-order valence-electron chi connectivity index (χ3n) is 5.50. The van der Waals surface area contributed by atoms with Gasteiger partial charge in [0.05, 0.1) is 26.9 Å². The highest BCUT2D eigenvalue weighted by atomic mass is 16.5. The zero-order chi connectivity index (χ0) is 26.5. The van der Waals surface area contributed by atoms with Gasteiger partial charge in [-0.3, -0.25) is 9.80 Å². The van der Waals surface area contributed by atoms with Crippen LogP contribution in [0.5, 0.6) is 23.0 Å². The molecular formula is C25H31N3O8. The molecule has 0 atom stereocenters. The Balaban J connectivity index is 0.000000678. The molecule has 11 heteroatoms. The predicted octanol–water partition coefficient (Wildman–Crippen LogP) is 1.94. The summed E-state index contributed by atoms with van der Waals surface area (Å²) < 4.78 is 22.3. The van der Waals surface area contributed by atoms with E-state index in [0.717, 1.165) is 50.6 Å². The zero-order valence-electron chi connectivity index (χ0n) is 20.6. The highest BCUT2D eigenvalue weighted by molar-refractivity contribution is 6.27. The fraction of sp³-hybridized carbons (Fsp3) is 0.400. The smallest absolute Gasteiger partial charge is 0.414 e. The lowest BCUT2D eigenvalue weighted by molar-refractivity contribution is -0.159. The molecule has 194 valence electrons. The number of benzene rings is 2. The second kappa shape index (κ2) is 14.4. The van der Waals surface area contributed by atoms with Crippen LogP contribution in [0.4, 0.5) is 0 Å². The van der Waals surface area contributed by atoms with Gasteiger partial charge in [0.2, 0.25) is 5.75 Å². The van der Waals surface area contributed by atoms with Crippen LogP contribution >= 0.6 is 0 Å². The molecule has 0 aliphatic carbocycles. The van der Waals surface area contributed by atoms with Gasteiger partial charge in [0.15, 0.2) is 11.5 Å². The van der Waals surface area contributed by atoms with Crippen LogP contribution in [0.3, 0.4) is 0 Å². The summed E-state index contributed by atoms with van der Waals surface area (Å²) in [5.41, 5.74) is 1.66. The lowest BCUT2D eigenvalue weighted by atomic mass is 10.1. The number of piperazine rings is 1. The summed E-state index contributed by atoms with van der Waals surface area (Å²) in [6.45, 7) is 6.08. The molecule has 0 spiro atoms. The van der Waals surface area contributed by atoms with Gasteiger partial charge in [-0.1, -0.05) is 18.2 Å². The number of nitriles is 1. The number of carboxylic acid groups (broad SMARTS) is 2. The average Bonchev–Trinajstić information content (AvgIpc) is 2.89. The molecular weight excluding hydrogens is 470 g/mol. The molecule has 0 amide bonds. The minimum atomic E-state index is -1.82. The molecule has 1 aliphatic rings. The van der Waals surface area contributed by atoms with Gasteiger partial charge in [0, 0.05) is 44.8 Å². The molecule has 0 bridgehead atoms. The first-order valence-electron chi connectivity index (χ1n) is 11.1. The van der Waals surface area contributed by atoms with Crippen molar-refractivity contribution in [3.63, 3.8) is 0 Å². The maximum absolute atomic E-state index is 9.15. The number of aliphatic carboxylic acids is 2. The van der Waals surface area contributed by atoms with Gasteiger partial charge >= 0.3 is 11.9 Å². The number of carbonyl (C=O) groups is 2. The highest BCUT2D eigenvalue weighted by Gasteiger charge is 2.21. The molecule has 2 N–H and O–H groups in total. The highest BCUT2D eigenvalue weighted by Crippen LogP contribution is 2.40. The molecule has 36 heavy (non-hydrogen) atoms. The van der Waals surface area contributed by atoms with Gasteiger partial charge in [-0.25, -0.2) is 9.59 Å². The van der Waals surface area contributed by atoms with E-state index >= 15 is 0 Å². The SMILES string of the molecule is COc1ccc(CN2CCN(CCOc3ccccc3C#N)CC2)c(OC)c1OC.O=C(O)C(=O)O. The van der Waals surface area contributed by atoms with Crippen molar-refractivity contribution in [1.29, 1.82) is 5.26 Å². The van der Waals surface area contributed by atoms with Crippen LogP contribution in [0.25, 0.3) is 0 Å². The van der Waals surface area contributed by atoms with Crippen LogP contribution in [-0.4, -0.2) is 92.6 Å². The maximum atomic E-state index is 9.15. The fourth-order valence-corrected chi connectivity index (χ4v) is 3.67. The van der Waals surface area contributed by atoms with Crippen LogP contribution in [-0.2, 0) is 16.1 Å². The average molecular weight is 502 g/mol. The van der Waals surface area contributed by atoms with E-state index in [9.17, 15) is 0 Å². The van der Waals surface area contributed by atoms with E-state index in [1.165, 1.54) is 0 Å². The van der Waals surface area contributed by atoms with E-state index in [1.807, 2.05) is 30.3 Å². The van der Waals surface area contributed by atoms with Crippen molar-refractivity contribution < 1.29 is 38.7 Å². The van der Waals surface area contributed by atoms with Crippen LogP contribution in [0.2, 0.25) is 0 Å². The van der Waals surface area contributed by atoms with Crippen LogP contribution < -0.4 is 18.9 Å². The first-order chi connectivity index (χ1) is 17.3. The van der Waals surface area contributed by atoms with Gasteiger partial charge in [0.25, 0.3) is 0 Å². The van der Waals surface area contributed by atoms with Gasteiger partial charge in [-0.15, -0.1) is 0 Å². The zero-order valence-corrected chi connectivity index (χ0v) is 20.6. The first-order valence-corrected chi connectivity index (χ1v) is 11.1. The van der Waals surface area contributed by atoms with Crippen molar-refractivity contribution in [2.45, 2.75) is 6.54 Å². The Morgan fingerprint density at radius 1 is 0.861 bits per heavy atom.